The van der Waals surface area contributed by atoms with E-state index in [0.717, 1.165) is 17.5 Å². The van der Waals surface area contributed by atoms with E-state index >= 15 is 0 Å². The third-order valence-corrected chi connectivity index (χ3v) is 3.64. The Labute approximate surface area is 144 Å². The molecule has 128 valence electrons. The number of nitrogens with zero attached hydrogens (tertiary/aromatic N) is 3. The van der Waals surface area contributed by atoms with E-state index in [-0.39, 0.29) is 19.1 Å². The van der Waals surface area contributed by atoms with E-state index in [1.165, 1.54) is 4.68 Å². The fourth-order valence-electron chi connectivity index (χ4n) is 2.39. The lowest BCUT2D eigenvalue weighted by molar-refractivity contribution is -0.149. The van der Waals surface area contributed by atoms with Crippen LogP contribution in [0.3, 0.4) is 0 Å². The van der Waals surface area contributed by atoms with Crippen LogP contribution in [0.25, 0.3) is 11.0 Å². The van der Waals surface area contributed by atoms with Gasteiger partial charge >= 0.3 is 5.97 Å². The number of esters is 1. The third-order valence-electron chi connectivity index (χ3n) is 3.64. The van der Waals surface area contributed by atoms with E-state index < -0.39 is 5.97 Å². The molecule has 0 saturated heterocycles. The summed E-state index contributed by atoms with van der Waals surface area (Å²) in [6, 6.07) is 17.2. The molecule has 0 aliphatic carbocycles. The number of rotatable bonds is 7. The Morgan fingerprint density at radius 1 is 1.04 bits per heavy atom. The van der Waals surface area contributed by atoms with Gasteiger partial charge < -0.3 is 10.1 Å². The quantitative estimate of drug-likeness (QED) is 0.657. The number of benzene rings is 2. The van der Waals surface area contributed by atoms with Gasteiger partial charge in [0.05, 0.1) is 5.52 Å². The number of hydrogen-bond acceptors (Lipinski definition) is 5. The largest absolute Gasteiger partial charge is 0.454 e. The Bertz CT molecular complexity index is 861. The van der Waals surface area contributed by atoms with E-state index in [9.17, 15) is 9.59 Å². The first-order chi connectivity index (χ1) is 12.2. The Kier molecular flexibility index (Phi) is 5.36. The highest BCUT2D eigenvalue weighted by Gasteiger charge is 2.11. The number of carbonyl (C=O) groups excluding carboxylic acids is 2. The summed E-state index contributed by atoms with van der Waals surface area (Å²) < 4.78 is 6.44. The van der Waals surface area contributed by atoms with Gasteiger partial charge in [-0.1, -0.05) is 47.7 Å². The summed E-state index contributed by atoms with van der Waals surface area (Å²) in [4.78, 5) is 23.6. The van der Waals surface area contributed by atoms with E-state index in [2.05, 4.69) is 15.6 Å². The first kappa shape index (κ1) is 16.6. The van der Waals surface area contributed by atoms with Gasteiger partial charge in [0.15, 0.2) is 6.61 Å². The number of aromatic nitrogens is 3. The molecule has 1 amide bonds. The number of amides is 1. The van der Waals surface area contributed by atoms with Gasteiger partial charge in [0, 0.05) is 6.54 Å². The monoisotopic (exact) mass is 338 g/mol. The van der Waals surface area contributed by atoms with E-state index in [4.69, 9.17) is 4.74 Å². The number of ether oxygens (including phenoxy) is 1. The SMILES string of the molecule is O=C(COC(=O)Cn1nnc2ccccc21)NCCc1ccccc1. The molecule has 3 aromatic rings. The third kappa shape index (κ3) is 4.63. The second-order valence-corrected chi connectivity index (χ2v) is 5.48. The van der Waals surface area contributed by atoms with Crippen LogP contribution in [0.5, 0.6) is 0 Å². The van der Waals surface area contributed by atoms with Crippen molar-refractivity contribution in [1.82, 2.24) is 20.3 Å². The highest BCUT2D eigenvalue weighted by molar-refractivity contribution is 5.81. The summed E-state index contributed by atoms with van der Waals surface area (Å²) in [5.74, 6) is -0.860. The number of nitrogens with one attached hydrogen (secondary N) is 1. The predicted molar refractivity (Wildman–Crippen MR) is 91.6 cm³/mol. The molecule has 0 unspecified atom stereocenters. The fourth-order valence-corrected chi connectivity index (χ4v) is 2.39. The van der Waals surface area contributed by atoms with Crippen molar-refractivity contribution < 1.29 is 14.3 Å². The van der Waals surface area contributed by atoms with Crippen LogP contribution in [0.1, 0.15) is 5.56 Å². The summed E-state index contributed by atoms with van der Waals surface area (Å²) in [6.45, 7) is 0.103. The molecule has 1 aromatic heterocycles. The Balaban J connectivity index is 1.40. The molecule has 7 heteroatoms. The van der Waals surface area contributed by atoms with Crippen molar-refractivity contribution in [2.45, 2.75) is 13.0 Å². The topological polar surface area (TPSA) is 86.1 Å². The molecular formula is C18H18N4O3. The molecule has 25 heavy (non-hydrogen) atoms. The van der Waals surface area contributed by atoms with Crippen LogP contribution in [-0.4, -0.2) is 40.0 Å². The lowest BCUT2D eigenvalue weighted by Gasteiger charge is -2.07. The van der Waals surface area contributed by atoms with Gasteiger partial charge in [-0.25, -0.2) is 4.68 Å². The molecule has 3 rings (SSSR count). The molecule has 0 aliphatic rings. The zero-order valence-corrected chi connectivity index (χ0v) is 13.6. The lowest BCUT2D eigenvalue weighted by Crippen LogP contribution is -2.31. The van der Waals surface area contributed by atoms with Crippen molar-refractivity contribution in [1.29, 1.82) is 0 Å². The maximum atomic E-state index is 11.9. The Morgan fingerprint density at radius 3 is 2.64 bits per heavy atom. The zero-order valence-electron chi connectivity index (χ0n) is 13.6. The molecule has 0 fully saturated rings. The van der Waals surface area contributed by atoms with Crippen molar-refractivity contribution in [3.05, 3.63) is 60.2 Å². The van der Waals surface area contributed by atoms with Crippen molar-refractivity contribution in [2.24, 2.45) is 0 Å². The van der Waals surface area contributed by atoms with Gasteiger partial charge in [0.25, 0.3) is 5.91 Å². The average Bonchev–Trinajstić information content (AvgIpc) is 3.04. The van der Waals surface area contributed by atoms with Crippen molar-refractivity contribution in [2.75, 3.05) is 13.2 Å². The smallest absolute Gasteiger partial charge is 0.328 e. The minimum atomic E-state index is -0.533. The minimum Gasteiger partial charge on any atom is -0.454 e. The molecule has 7 nitrogen and oxygen atoms in total. The van der Waals surface area contributed by atoms with E-state index in [1.54, 1.807) is 0 Å². The standard InChI is InChI=1S/C18H18N4O3/c23-17(19-11-10-14-6-2-1-3-7-14)13-25-18(24)12-22-16-9-5-4-8-15(16)20-21-22/h1-9H,10-13H2,(H,19,23). The van der Waals surface area contributed by atoms with Crippen molar-refractivity contribution >= 4 is 22.9 Å². The summed E-state index contributed by atoms with van der Waals surface area (Å²) in [7, 11) is 0. The van der Waals surface area contributed by atoms with Crippen LogP contribution >= 0.6 is 0 Å². The summed E-state index contributed by atoms with van der Waals surface area (Å²) in [5, 5.41) is 10.6. The van der Waals surface area contributed by atoms with Gasteiger partial charge in [-0.15, -0.1) is 5.10 Å². The fraction of sp³-hybridized carbons (Fsp3) is 0.222. The molecule has 2 aromatic carbocycles. The summed E-state index contributed by atoms with van der Waals surface area (Å²) >= 11 is 0. The first-order valence-corrected chi connectivity index (χ1v) is 7.97. The van der Waals surface area contributed by atoms with Gasteiger partial charge in [-0.2, -0.15) is 0 Å². The molecule has 0 bridgehead atoms. The van der Waals surface area contributed by atoms with Gasteiger partial charge in [0.2, 0.25) is 0 Å². The van der Waals surface area contributed by atoms with E-state index in [1.807, 2.05) is 54.6 Å². The van der Waals surface area contributed by atoms with Gasteiger partial charge in [-0.3, -0.25) is 9.59 Å². The molecule has 0 radical (unpaired) electrons. The average molecular weight is 338 g/mol. The number of para-hydroxylation sites is 1. The number of fused-ring (bicyclic) bond motifs is 1. The molecule has 0 aliphatic heterocycles. The van der Waals surface area contributed by atoms with Crippen LogP contribution in [0.4, 0.5) is 0 Å². The zero-order chi connectivity index (χ0) is 17.5. The lowest BCUT2D eigenvalue weighted by atomic mass is 10.1. The predicted octanol–water partition coefficient (Wildman–Crippen LogP) is 1.33. The van der Waals surface area contributed by atoms with Crippen LogP contribution in [-0.2, 0) is 27.3 Å². The maximum absolute atomic E-state index is 11.9. The highest BCUT2D eigenvalue weighted by Crippen LogP contribution is 2.09. The maximum Gasteiger partial charge on any atom is 0.328 e. The van der Waals surface area contributed by atoms with Crippen molar-refractivity contribution in [3.8, 4) is 0 Å². The summed E-state index contributed by atoms with van der Waals surface area (Å²) in [5.41, 5.74) is 2.58. The van der Waals surface area contributed by atoms with Crippen LogP contribution in [0.2, 0.25) is 0 Å². The van der Waals surface area contributed by atoms with E-state index in [0.29, 0.717) is 12.1 Å². The molecular weight excluding hydrogens is 320 g/mol. The van der Waals surface area contributed by atoms with Crippen molar-refractivity contribution in [3.63, 3.8) is 0 Å². The Morgan fingerprint density at radius 2 is 1.80 bits per heavy atom. The molecule has 1 N–H and O–H groups in total. The van der Waals surface area contributed by atoms with Crippen LogP contribution in [0.15, 0.2) is 54.6 Å². The van der Waals surface area contributed by atoms with Crippen LogP contribution < -0.4 is 5.32 Å². The highest BCUT2D eigenvalue weighted by atomic mass is 16.5. The summed E-state index contributed by atoms with van der Waals surface area (Å²) in [6.07, 6.45) is 0.728. The normalized spacial score (nSPS) is 10.6. The van der Waals surface area contributed by atoms with Gasteiger partial charge in [-0.05, 0) is 24.1 Å². The molecule has 1 heterocycles. The first-order valence-electron chi connectivity index (χ1n) is 7.97. The minimum absolute atomic E-state index is 0.0855. The molecule has 0 atom stereocenters. The van der Waals surface area contributed by atoms with Gasteiger partial charge in [0.1, 0.15) is 12.1 Å². The Hall–Kier alpha value is -3.22. The second kappa shape index (κ2) is 8.05. The second-order valence-electron chi connectivity index (χ2n) is 5.48. The van der Waals surface area contributed by atoms with Crippen LogP contribution in [0, 0.1) is 0 Å². The number of hydrogen-bond donors (Lipinski definition) is 1. The number of carbonyl (C=O) groups is 2. The molecule has 0 saturated carbocycles. The molecule has 0 spiro atoms.